The molecule has 2 aromatic carbocycles. The number of nitrogens with zero attached hydrogens (tertiary/aromatic N) is 6. The van der Waals surface area contributed by atoms with E-state index in [9.17, 15) is 31.2 Å². The zero-order valence-corrected chi connectivity index (χ0v) is 34.4. The van der Waals surface area contributed by atoms with Gasteiger partial charge in [-0.3, -0.25) is 19.3 Å². The number of halogens is 3. The molecule has 14 nitrogen and oxygen atoms in total. The van der Waals surface area contributed by atoms with Gasteiger partial charge in [-0.25, -0.2) is 23.0 Å². The number of hydrogen-bond donors (Lipinski definition) is 3. The van der Waals surface area contributed by atoms with Gasteiger partial charge in [0.05, 0.1) is 35.6 Å². The Morgan fingerprint density at radius 2 is 1.54 bits per heavy atom. The number of pyridine rings is 1. The number of aromatic amines is 1. The molecule has 18 heteroatoms. The minimum atomic E-state index is -5.08. The first-order chi connectivity index (χ1) is 27.5. The number of anilines is 1. The molecule has 1 unspecified atom stereocenters. The summed E-state index contributed by atoms with van der Waals surface area (Å²) in [4.78, 5) is 48.5. The number of likely N-dealkylation sites (tertiary alicyclic amines) is 1. The molecule has 3 aromatic heterocycles. The maximum atomic E-state index is 13.5. The molecule has 0 radical (unpaired) electrons. The fourth-order valence-electron chi connectivity index (χ4n) is 7.39. The lowest BCUT2D eigenvalue weighted by atomic mass is 9.93. The van der Waals surface area contributed by atoms with Gasteiger partial charge in [0.2, 0.25) is 5.91 Å². The predicted octanol–water partition coefficient (Wildman–Crippen LogP) is 6.62. The Hall–Kier alpha value is -5.75. The Kier molecular flexibility index (Phi) is 11.7. The third-order valence-electron chi connectivity index (χ3n) is 10.9. The van der Waals surface area contributed by atoms with Crippen molar-refractivity contribution in [1.82, 2.24) is 29.5 Å². The zero-order valence-electron chi connectivity index (χ0n) is 33.5. The van der Waals surface area contributed by atoms with Crippen LogP contribution in [0.5, 0.6) is 0 Å². The monoisotopic (exact) mass is 836 g/mol. The number of sulfone groups is 1. The molecule has 5 aromatic rings. The number of nitrogens with two attached hydrogens (primary N) is 1. The summed E-state index contributed by atoms with van der Waals surface area (Å²) in [6, 6.07) is 16.2. The molecule has 4 N–H and O–H groups in total. The third-order valence-corrected chi connectivity index (χ3v) is 12.5. The zero-order chi connectivity index (χ0) is 43.2. The summed E-state index contributed by atoms with van der Waals surface area (Å²) in [6.45, 7) is 10.6. The van der Waals surface area contributed by atoms with E-state index in [0.717, 1.165) is 81.0 Å². The normalized spacial score (nSPS) is 16.1. The van der Waals surface area contributed by atoms with Gasteiger partial charge in [-0.2, -0.15) is 18.3 Å². The van der Waals surface area contributed by atoms with Crippen LogP contribution in [0.1, 0.15) is 57.7 Å². The molecule has 0 saturated carbocycles. The lowest BCUT2D eigenvalue weighted by Gasteiger charge is -2.42. The van der Waals surface area contributed by atoms with Crippen molar-refractivity contribution in [2.75, 3.05) is 31.3 Å². The van der Waals surface area contributed by atoms with Crippen LogP contribution in [0.4, 0.5) is 23.7 Å². The predicted molar refractivity (Wildman–Crippen MR) is 218 cm³/mol. The van der Waals surface area contributed by atoms with Gasteiger partial charge in [0.15, 0.2) is 0 Å². The second kappa shape index (κ2) is 16.1. The Labute approximate surface area is 339 Å². The van der Waals surface area contributed by atoms with Crippen LogP contribution < -0.4 is 10.6 Å². The van der Waals surface area contributed by atoms with Crippen molar-refractivity contribution in [2.45, 2.75) is 76.6 Å². The first kappa shape index (κ1) is 42.8. The number of urea groups is 1. The number of benzene rings is 2. The van der Waals surface area contributed by atoms with Crippen molar-refractivity contribution in [2.24, 2.45) is 5.73 Å². The second-order valence-electron chi connectivity index (χ2n) is 16.0. The standard InChI is InChI=1S/C39H46N8O4S.C2HF3O2/c1-24(36(40)48)47-22-29(19-42-47)26-11-13-27(14-12-26)33-34-31-23-46(39(2,3)4)38(49)44(5)32(31)20-41-37(34)43-35(33)28-9-7-25(8-10-28)21-45-17-15-30(16-18-45)52(6,50)51;3-2(4,5)1(6)7/h7-14,19-20,22,24,30H,15-18,21,23H2,1-6H3,(H2,40,48)(H,41,43);(H,6,7). The number of nitrogens with one attached hydrogen (secondary N) is 1. The van der Waals surface area contributed by atoms with Crippen LogP contribution in [0.25, 0.3) is 44.5 Å². The summed E-state index contributed by atoms with van der Waals surface area (Å²) in [5.74, 6) is -3.21. The van der Waals surface area contributed by atoms with E-state index in [0.29, 0.717) is 19.4 Å². The smallest absolute Gasteiger partial charge is 0.475 e. The van der Waals surface area contributed by atoms with E-state index in [2.05, 4.69) is 51.4 Å². The molecule has 3 amide bonds. The molecule has 1 saturated heterocycles. The molecule has 314 valence electrons. The van der Waals surface area contributed by atoms with Gasteiger partial charge in [-0.15, -0.1) is 0 Å². The Bertz CT molecular complexity index is 2480. The number of carbonyl (C=O) groups is 3. The molecule has 7 rings (SSSR count). The van der Waals surface area contributed by atoms with Crippen LogP contribution in [-0.2, 0) is 32.5 Å². The number of H-pyrrole nitrogens is 1. The summed E-state index contributed by atoms with van der Waals surface area (Å²) < 4.78 is 57.4. The summed E-state index contributed by atoms with van der Waals surface area (Å²) in [6.07, 6.45) is 2.91. The summed E-state index contributed by atoms with van der Waals surface area (Å²) in [7, 11) is -1.22. The Morgan fingerprint density at radius 1 is 0.966 bits per heavy atom. The SMILES string of the molecule is CC(C(N)=O)n1cc(-c2ccc(-c3c(-c4ccc(CN5CCC(S(C)(=O)=O)CC5)cc4)[nH]c4ncc5c(c34)CN(C(C)(C)C)C(=O)N5C)cc2)cn1.O=C(O)C(F)(F)F. The highest BCUT2D eigenvalue weighted by atomic mass is 32.2. The van der Waals surface area contributed by atoms with E-state index in [-0.39, 0.29) is 11.3 Å². The summed E-state index contributed by atoms with van der Waals surface area (Å²) in [5.41, 5.74) is 14.5. The molecule has 2 aliphatic rings. The number of hydrogen-bond acceptors (Lipinski definition) is 8. The highest BCUT2D eigenvalue weighted by molar-refractivity contribution is 7.91. The number of aliphatic carboxylic acids is 1. The molecule has 1 atom stereocenters. The van der Waals surface area contributed by atoms with Gasteiger partial charge in [-0.1, -0.05) is 48.5 Å². The van der Waals surface area contributed by atoms with Crippen molar-refractivity contribution in [3.05, 3.63) is 78.2 Å². The van der Waals surface area contributed by atoms with E-state index in [4.69, 9.17) is 20.6 Å². The largest absolute Gasteiger partial charge is 0.490 e. The average molecular weight is 837 g/mol. The van der Waals surface area contributed by atoms with Crippen molar-refractivity contribution in [3.8, 4) is 33.5 Å². The van der Waals surface area contributed by atoms with Crippen LogP contribution in [0.2, 0.25) is 0 Å². The topological polar surface area (TPSA) is 188 Å². The third kappa shape index (κ3) is 9.12. The quantitative estimate of drug-likeness (QED) is 0.154. The minimum Gasteiger partial charge on any atom is -0.475 e. The molecule has 59 heavy (non-hydrogen) atoms. The van der Waals surface area contributed by atoms with E-state index < -0.39 is 39.5 Å². The number of rotatable bonds is 8. The van der Waals surface area contributed by atoms with Gasteiger partial charge in [-0.05, 0) is 75.9 Å². The molecular weight excluding hydrogens is 790 g/mol. The van der Waals surface area contributed by atoms with Crippen LogP contribution in [0.15, 0.2) is 67.1 Å². The number of alkyl halides is 3. The second-order valence-corrected chi connectivity index (χ2v) is 18.3. The van der Waals surface area contributed by atoms with Crippen molar-refractivity contribution in [1.29, 1.82) is 0 Å². The maximum absolute atomic E-state index is 13.5. The van der Waals surface area contributed by atoms with Gasteiger partial charge in [0, 0.05) is 53.7 Å². The molecule has 1 fully saturated rings. The Morgan fingerprint density at radius 3 is 2.08 bits per heavy atom. The fraction of sp³-hybridized carbons (Fsp3) is 0.390. The average Bonchev–Trinajstić information content (AvgIpc) is 3.82. The van der Waals surface area contributed by atoms with Crippen molar-refractivity contribution in [3.63, 3.8) is 0 Å². The number of primary amides is 1. The van der Waals surface area contributed by atoms with Gasteiger partial charge in [0.25, 0.3) is 0 Å². The maximum Gasteiger partial charge on any atom is 0.490 e. The fourth-order valence-corrected chi connectivity index (χ4v) is 8.45. The number of carboxylic acids is 1. The van der Waals surface area contributed by atoms with Gasteiger partial charge in [0.1, 0.15) is 21.5 Å². The van der Waals surface area contributed by atoms with Gasteiger partial charge >= 0.3 is 18.2 Å². The summed E-state index contributed by atoms with van der Waals surface area (Å²) in [5, 5.41) is 12.2. The number of piperidine rings is 1. The number of aromatic nitrogens is 4. The van der Waals surface area contributed by atoms with Crippen molar-refractivity contribution >= 4 is 44.5 Å². The van der Waals surface area contributed by atoms with Crippen LogP contribution in [-0.4, -0.2) is 104 Å². The minimum absolute atomic E-state index is 0.0647. The van der Waals surface area contributed by atoms with E-state index in [1.807, 2.05) is 44.0 Å². The molecule has 2 aliphatic heterocycles. The number of amides is 3. The first-order valence-corrected chi connectivity index (χ1v) is 20.8. The van der Waals surface area contributed by atoms with E-state index in [1.54, 1.807) is 35.9 Å². The lowest BCUT2D eigenvalue weighted by molar-refractivity contribution is -0.192. The molecular formula is C41H47F3N8O6S. The molecule has 0 bridgehead atoms. The van der Waals surface area contributed by atoms with Crippen LogP contribution in [0.3, 0.4) is 0 Å². The van der Waals surface area contributed by atoms with Crippen LogP contribution >= 0.6 is 0 Å². The summed E-state index contributed by atoms with van der Waals surface area (Å²) >= 11 is 0. The van der Waals surface area contributed by atoms with E-state index >= 15 is 0 Å². The first-order valence-electron chi connectivity index (χ1n) is 18.9. The van der Waals surface area contributed by atoms with Crippen molar-refractivity contribution < 1.29 is 41.1 Å². The highest BCUT2D eigenvalue weighted by Gasteiger charge is 2.39. The number of fused-ring (bicyclic) bond motifs is 3. The molecule has 0 spiro atoms. The number of carboxylic acid groups (broad SMARTS) is 1. The van der Waals surface area contributed by atoms with Gasteiger partial charge < -0.3 is 20.7 Å². The Balaban J connectivity index is 0.000000768. The molecule has 5 heterocycles. The number of carbonyl (C=O) groups excluding carboxylic acids is 2. The highest BCUT2D eigenvalue weighted by Crippen LogP contribution is 2.44. The lowest BCUT2D eigenvalue weighted by Crippen LogP contribution is -2.53. The van der Waals surface area contributed by atoms with E-state index in [1.165, 1.54) is 6.26 Å². The van der Waals surface area contributed by atoms with Crippen LogP contribution in [0, 0.1) is 0 Å². The molecule has 0 aliphatic carbocycles.